The highest BCUT2D eigenvalue weighted by Crippen LogP contribution is 2.27. The number of fused-ring (bicyclic) bond motifs is 1. The molecular formula is C26H27N3O3. The normalized spacial score (nSPS) is 12.9. The lowest BCUT2D eigenvalue weighted by Crippen LogP contribution is -2.36. The summed E-state index contributed by atoms with van der Waals surface area (Å²) in [7, 11) is 0. The van der Waals surface area contributed by atoms with Crippen LogP contribution in [0.2, 0.25) is 0 Å². The fraction of sp³-hybridized carbons (Fsp3) is 0.231. The van der Waals surface area contributed by atoms with Gasteiger partial charge in [-0.2, -0.15) is 0 Å². The number of anilines is 2. The molecule has 0 unspecified atom stereocenters. The molecule has 0 aromatic heterocycles. The smallest absolute Gasteiger partial charge is 0.322 e. The van der Waals surface area contributed by atoms with Crippen LogP contribution in [0.4, 0.5) is 16.2 Å². The van der Waals surface area contributed by atoms with Crippen molar-refractivity contribution in [2.75, 3.05) is 23.4 Å². The van der Waals surface area contributed by atoms with Crippen LogP contribution in [0.15, 0.2) is 72.8 Å². The van der Waals surface area contributed by atoms with Gasteiger partial charge < -0.3 is 19.9 Å². The van der Waals surface area contributed by atoms with Crippen molar-refractivity contribution in [1.29, 1.82) is 0 Å². The number of carbonyl (C=O) groups excluding carboxylic acids is 2. The van der Waals surface area contributed by atoms with Gasteiger partial charge in [-0.1, -0.05) is 42.0 Å². The second kappa shape index (κ2) is 9.56. The average molecular weight is 430 g/mol. The standard InChI is InChI=1S/C26H27N3O3/c1-19-8-11-24(12-9-19)29(20(2)30)17-21-10-13-25-22(16-21)18-28(14-15-32-25)26(31)27-23-6-4-3-5-7-23/h3-13,16H,14-15,17-18H2,1-2H3,(H,27,31). The third-order valence-corrected chi connectivity index (χ3v) is 5.48. The molecule has 3 aromatic rings. The number of hydrogen-bond donors (Lipinski definition) is 1. The summed E-state index contributed by atoms with van der Waals surface area (Å²) in [6, 6.07) is 23.1. The van der Waals surface area contributed by atoms with Crippen molar-refractivity contribution in [3.05, 3.63) is 89.5 Å². The molecule has 1 aliphatic rings. The van der Waals surface area contributed by atoms with E-state index in [1.54, 1.807) is 16.7 Å². The van der Waals surface area contributed by atoms with Gasteiger partial charge in [0.05, 0.1) is 19.6 Å². The van der Waals surface area contributed by atoms with E-state index in [0.29, 0.717) is 26.2 Å². The molecule has 3 amide bonds. The van der Waals surface area contributed by atoms with Gasteiger partial charge in [0.1, 0.15) is 12.4 Å². The minimum Gasteiger partial charge on any atom is -0.491 e. The van der Waals surface area contributed by atoms with Crippen LogP contribution in [-0.4, -0.2) is 30.0 Å². The molecule has 0 bridgehead atoms. The highest BCUT2D eigenvalue weighted by molar-refractivity contribution is 5.91. The molecule has 0 radical (unpaired) electrons. The molecule has 0 atom stereocenters. The van der Waals surface area contributed by atoms with Crippen LogP contribution in [0.1, 0.15) is 23.6 Å². The molecule has 1 heterocycles. The first-order valence-electron chi connectivity index (χ1n) is 10.7. The zero-order valence-electron chi connectivity index (χ0n) is 18.4. The first-order chi connectivity index (χ1) is 15.5. The molecule has 0 saturated heterocycles. The van der Waals surface area contributed by atoms with Gasteiger partial charge in [-0.25, -0.2) is 4.79 Å². The summed E-state index contributed by atoms with van der Waals surface area (Å²) in [5.41, 5.74) is 4.67. The second-order valence-electron chi connectivity index (χ2n) is 7.95. The molecule has 4 rings (SSSR count). The number of ether oxygens (including phenoxy) is 1. The van der Waals surface area contributed by atoms with Crippen LogP contribution < -0.4 is 15.0 Å². The molecule has 0 saturated carbocycles. The van der Waals surface area contributed by atoms with Gasteiger partial charge in [0.15, 0.2) is 0 Å². The quantitative estimate of drug-likeness (QED) is 0.637. The molecule has 6 nitrogen and oxygen atoms in total. The van der Waals surface area contributed by atoms with Gasteiger partial charge in [-0.05, 0) is 48.9 Å². The van der Waals surface area contributed by atoms with Crippen LogP contribution in [-0.2, 0) is 17.9 Å². The average Bonchev–Trinajstić information content (AvgIpc) is 3.01. The Kier molecular flexibility index (Phi) is 6.40. The number of benzene rings is 3. The minimum absolute atomic E-state index is 0.0242. The predicted molar refractivity (Wildman–Crippen MR) is 126 cm³/mol. The van der Waals surface area contributed by atoms with Crippen molar-refractivity contribution >= 4 is 23.3 Å². The molecule has 0 fully saturated rings. The van der Waals surface area contributed by atoms with Crippen molar-refractivity contribution < 1.29 is 14.3 Å². The lowest BCUT2D eigenvalue weighted by atomic mass is 10.1. The lowest BCUT2D eigenvalue weighted by molar-refractivity contribution is -0.116. The fourth-order valence-electron chi connectivity index (χ4n) is 3.74. The fourth-order valence-corrected chi connectivity index (χ4v) is 3.74. The Labute approximate surface area is 188 Å². The maximum atomic E-state index is 12.8. The number of aryl methyl sites for hydroxylation is 1. The van der Waals surface area contributed by atoms with Crippen molar-refractivity contribution in [3.8, 4) is 5.75 Å². The van der Waals surface area contributed by atoms with E-state index in [9.17, 15) is 9.59 Å². The second-order valence-corrected chi connectivity index (χ2v) is 7.95. The van der Waals surface area contributed by atoms with Gasteiger partial charge in [-0.15, -0.1) is 0 Å². The number of carbonyl (C=O) groups is 2. The molecular weight excluding hydrogens is 402 g/mol. The molecule has 164 valence electrons. The van der Waals surface area contributed by atoms with Crippen molar-refractivity contribution in [2.45, 2.75) is 26.9 Å². The number of urea groups is 1. The van der Waals surface area contributed by atoms with Crippen LogP contribution in [0.25, 0.3) is 0 Å². The molecule has 1 aliphatic heterocycles. The van der Waals surface area contributed by atoms with Gasteiger partial charge >= 0.3 is 6.03 Å². The summed E-state index contributed by atoms with van der Waals surface area (Å²) >= 11 is 0. The summed E-state index contributed by atoms with van der Waals surface area (Å²) in [5.74, 6) is 0.748. The van der Waals surface area contributed by atoms with E-state index in [4.69, 9.17) is 4.74 Å². The van der Waals surface area contributed by atoms with Gasteiger partial charge in [0, 0.05) is 23.9 Å². The summed E-state index contributed by atoms with van der Waals surface area (Å²) in [4.78, 5) is 28.6. The maximum Gasteiger partial charge on any atom is 0.322 e. The van der Waals surface area contributed by atoms with Crippen molar-refractivity contribution in [2.24, 2.45) is 0 Å². The van der Waals surface area contributed by atoms with Crippen LogP contribution in [0.3, 0.4) is 0 Å². The largest absolute Gasteiger partial charge is 0.491 e. The summed E-state index contributed by atoms with van der Waals surface area (Å²) in [6.45, 7) is 5.40. The van der Waals surface area contributed by atoms with Gasteiger partial charge in [0.25, 0.3) is 0 Å². The molecule has 1 N–H and O–H groups in total. The number of amides is 3. The van der Waals surface area contributed by atoms with E-state index in [0.717, 1.165) is 33.8 Å². The van der Waals surface area contributed by atoms with Crippen LogP contribution in [0, 0.1) is 6.92 Å². The number of rotatable bonds is 4. The topological polar surface area (TPSA) is 61.9 Å². The summed E-state index contributed by atoms with van der Waals surface area (Å²) in [6.07, 6.45) is 0. The van der Waals surface area contributed by atoms with Crippen molar-refractivity contribution in [1.82, 2.24) is 4.90 Å². The number of nitrogens with zero attached hydrogens (tertiary/aromatic N) is 2. The van der Waals surface area contributed by atoms with Gasteiger partial charge in [-0.3, -0.25) is 4.79 Å². The van der Waals surface area contributed by atoms with E-state index < -0.39 is 0 Å². The van der Waals surface area contributed by atoms with Crippen LogP contribution in [0.5, 0.6) is 5.75 Å². The Hall–Kier alpha value is -3.80. The molecule has 0 aliphatic carbocycles. The van der Waals surface area contributed by atoms with Crippen LogP contribution >= 0.6 is 0 Å². The first-order valence-corrected chi connectivity index (χ1v) is 10.7. The third kappa shape index (κ3) is 5.09. The lowest BCUT2D eigenvalue weighted by Gasteiger charge is -2.23. The van der Waals surface area contributed by atoms with Gasteiger partial charge in [0.2, 0.25) is 5.91 Å². The SMILES string of the molecule is CC(=O)N(Cc1ccc2c(c1)CN(C(=O)Nc1ccccc1)CCO2)c1ccc(C)cc1. The van der Waals surface area contributed by atoms with E-state index in [2.05, 4.69) is 5.32 Å². The highest BCUT2D eigenvalue weighted by atomic mass is 16.5. The Balaban J connectivity index is 1.52. The Bertz CT molecular complexity index is 1100. The minimum atomic E-state index is -0.164. The predicted octanol–water partition coefficient (Wildman–Crippen LogP) is 4.97. The van der Waals surface area contributed by atoms with Crippen molar-refractivity contribution in [3.63, 3.8) is 0 Å². The molecule has 6 heteroatoms. The molecule has 0 spiro atoms. The van der Waals surface area contributed by atoms with E-state index in [1.807, 2.05) is 79.7 Å². The first kappa shape index (κ1) is 21.4. The highest BCUT2D eigenvalue weighted by Gasteiger charge is 2.21. The number of hydrogen-bond acceptors (Lipinski definition) is 3. The number of nitrogens with one attached hydrogen (secondary N) is 1. The molecule has 3 aromatic carbocycles. The Morgan fingerprint density at radius 2 is 1.78 bits per heavy atom. The maximum absolute atomic E-state index is 12.8. The third-order valence-electron chi connectivity index (χ3n) is 5.48. The zero-order chi connectivity index (χ0) is 22.5. The van der Waals surface area contributed by atoms with E-state index in [1.165, 1.54) is 0 Å². The zero-order valence-corrected chi connectivity index (χ0v) is 18.4. The van der Waals surface area contributed by atoms with E-state index in [-0.39, 0.29) is 11.9 Å². The molecule has 32 heavy (non-hydrogen) atoms. The Morgan fingerprint density at radius 3 is 2.50 bits per heavy atom. The van der Waals surface area contributed by atoms with E-state index >= 15 is 0 Å². The number of para-hydroxylation sites is 1. The summed E-state index contributed by atoms with van der Waals surface area (Å²) in [5, 5.41) is 2.94. The monoisotopic (exact) mass is 429 g/mol. The Morgan fingerprint density at radius 1 is 1.03 bits per heavy atom. The summed E-state index contributed by atoms with van der Waals surface area (Å²) < 4.78 is 5.88.